The van der Waals surface area contributed by atoms with E-state index in [-0.39, 0.29) is 12.3 Å². The summed E-state index contributed by atoms with van der Waals surface area (Å²) in [5.74, 6) is -1.61. The lowest BCUT2D eigenvalue weighted by Gasteiger charge is -2.13. The van der Waals surface area contributed by atoms with Gasteiger partial charge in [0.15, 0.2) is 0 Å². The Labute approximate surface area is 82.5 Å². The van der Waals surface area contributed by atoms with E-state index in [0.29, 0.717) is 6.54 Å². The number of aliphatic hydroxyl groups excluding tert-OH is 1. The summed E-state index contributed by atoms with van der Waals surface area (Å²) in [7, 11) is 3.63. The number of carboxylic acid groups (broad SMARTS) is 1. The molecule has 3 N–H and O–H groups in total. The van der Waals surface area contributed by atoms with E-state index >= 15 is 0 Å². The fourth-order valence-corrected chi connectivity index (χ4v) is 0.777. The number of rotatable bonds is 6. The summed E-state index contributed by atoms with van der Waals surface area (Å²) >= 11 is 0. The fourth-order valence-electron chi connectivity index (χ4n) is 0.777. The number of amides is 1. The number of nitrogens with one attached hydrogen (secondary N) is 1. The van der Waals surface area contributed by atoms with E-state index in [0.717, 1.165) is 0 Å². The Morgan fingerprint density at radius 3 is 2.36 bits per heavy atom. The fraction of sp³-hybridized carbons (Fsp3) is 0.750. The van der Waals surface area contributed by atoms with Crippen molar-refractivity contribution in [1.82, 2.24) is 10.2 Å². The molecule has 0 aliphatic rings. The second-order valence-corrected chi connectivity index (χ2v) is 3.19. The maximum absolute atomic E-state index is 11.1. The Balaban J connectivity index is 3.85. The summed E-state index contributed by atoms with van der Waals surface area (Å²) in [5, 5.41) is 19.3. The molecule has 0 rings (SSSR count). The van der Waals surface area contributed by atoms with Crippen molar-refractivity contribution in [3.05, 3.63) is 0 Å². The van der Waals surface area contributed by atoms with Crippen molar-refractivity contribution in [1.29, 1.82) is 0 Å². The van der Waals surface area contributed by atoms with Crippen molar-refractivity contribution < 1.29 is 19.8 Å². The lowest BCUT2D eigenvalue weighted by molar-refractivity contribution is -0.143. The average molecular weight is 204 g/mol. The number of aliphatic hydroxyl groups is 1. The Bertz CT molecular complexity index is 206. The molecule has 0 unspecified atom stereocenters. The highest BCUT2D eigenvalue weighted by Gasteiger charge is 2.18. The molecular formula is C8H16N2O4. The van der Waals surface area contributed by atoms with Gasteiger partial charge in [-0.1, -0.05) is 0 Å². The number of carbonyl (C=O) groups excluding carboxylic acids is 1. The van der Waals surface area contributed by atoms with Gasteiger partial charge in [0.25, 0.3) is 0 Å². The van der Waals surface area contributed by atoms with Crippen molar-refractivity contribution in [3.8, 4) is 0 Å². The van der Waals surface area contributed by atoms with Gasteiger partial charge in [-0.2, -0.15) is 0 Å². The van der Waals surface area contributed by atoms with E-state index < -0.39 is 18.6 Å². The van der Waals surface area contributed by atoms with Crippen LogP contribution in [0.4, 0.5) is 0 Å². The zero-order valence-corrected chi connectivity index (χ0v) is 8.36. The highest BCUT2D eigenvalue weighted by atomic mass is 16.4. The molecule has 0 radical (unpaired) electrons. The molecule has 6 heteroatoms. The van der Waals surface area contributed by atoms with Crippen molar-refractivity contribution in [2.75, 3.05) is 27.2 Å². The summed E-state index contributed by atoms with van der Waals surface area (Å²) < 4.78 is 0. The summed E-state index contributed by atoms with van der Waals surface area (Å²) in [5.41, 5.74) is 0. The Kier molecular flexibility index (Phi) is 5.82. The topological polar surface area (TPSA) is 89.9 Å². The normalized spacial score (nSPS) is 12.6. The zero-order valence-electron chi connectivity index (χ0n) is 8.36. The maximum atomic E-state index is 11.1. The first-order valence-corrected chi connectivity index (χ1v) is 4.25. The summed E-state index contributed by atoms with van der Waals surface area (Å²) in [6.07, 6.45) is 0.219. The van der Waals surface area contributed by atoms with Gasteiger partial charge in [0, 0.05) is 13.0 Å². The second-order valence-electron chi connectivity index (χ2n) is 3.19. The van der Waals surface area contributed by atoms with Crippen LogP contribution in [0.2, 0.25) is 0 Å². The molecule has 82 valence electrons. The first-order valence-electron chi connectivity index (χ1n) is 4.25. The molecule has 1 amide bonds. The van der Waals surface area contributed by atoms with Gasteiger partial charge >= 0.3 is 5.97 Å². The van der Waals surface area contributed by atoms with E-state index in [4.69, 9.17) is 10.2 Å². The Hall–Kier alpha value is -1.14. The quantitative estimate of drug-likeness (QED) is 0.490. The van der Waals surface area contributed by atoms with Gasteiger partial charge in [0.2, 0.25) is 5.91 Å². The smallest absolute Gasteiger partial charge is 0.328 e. The lowest BCUT2D eigenvalue weighted by atomic mass is 10.3. The number of carbonyl (C=O) groups is 2. The van der Waals surface area contributed by atoms with Gasteiger partial charge in [-0.05, 0) is 14.1 Å². The van der Waals surface area contributed by atoms with Gasteiger partial charge in [-0.25, -0.2) is 4.79 Å². The van der Waals surface area contributed by atoms with E-state index in [9.17, 15) is 9.59 Å². The average Bonchev–Trinajstić information content (AvgIpc) is 2.10. The lowest BCUT2D eigenvalue weighted by Crippen LogP contribution is -2.43. The number of hydrogen-bond acceptors (Lipinski definition) is 4. The van der Waals surface area contributed by atoms with Crippen LogP contribution in [-0.4, -0.2) is 60.3 Å². The van der Waals surface area contributed by atoms with Crippen molar-refractivity contribution >= 4 is 11.9 Å². The van der Waals surface area contributed by atoms with Crippen LogP contribution >= 0.6 is 0 Å². The Morgan fingerprint density at radius 1 is 1.43 bits per heavy atom. The molecule has 14 heavy (non-hydrogen) atoms. The van der Waals surface area contributed by atoms with Crippen LogP contribution in [0.25, 0.3) is 0 Å². The van der Waals surface area contributed by atoms with Gasteiger partial charge in [-0.3, -0.25) is 4.79 Å². The maximum Gasteiger partial charge on any atom is 0.328 e. The summed E-state index contributed by atoms with van der Waals surface area (Å²) in [6.45, 7) is -0.0490. The first kappa shape index (κ1) is 12.9. The number of carboxylic acids is 1. The molecule has 0 aromatic rings. The molecule has 0 aliphatic heterocycles. The van der Waals surface area contributed by atoms with Gasteiger partial charge < -0.3 is 20.4 Å². The number of hydrogen-bond donors (Lipinski definition) is 3. The van der Waals surface area contributed by atoms with E-state index in [1.165, 1.54) is 0 Å². The molecular weight excluding hydrogens is 188 g/mol. The molecule has 0 saturated carbocycles. The highest BCUT2D eigenvalue weighted by Crippen LogP contribution is 1.87. The van der Waals surface area contributed by atoms with Crippen molar-refractivity contribution in [2.45, 2.75) is 12.5 Å². The minimum Gasteiger partial charge on any atom is -0.480 e. The summed E-state index contributed by atoms with van der Waals surface area (Å²) in [4.78, 5) is 23.3. The molecule has 0 fully saturated rings. The van der Waals surface area contributed by atoms with Crippen LogP contribution in [0.5, 0.6) is 0 Å². The third-order valence-corrected chi connectivity index (χ3v) is 1.60. The molecule has 1 atom stereocenters. The zero-order chi connectivity index (χ0) is 11.1. The van der Waals surface area contributed by atoms with Crippen LogP contribution < -0.4 is 5.32 Å². The third kappa shape index (κ3) is 5.50. The molecule has 6 nitrogen and oxygen atoms in total. The number of aliphatic carboxylic acids is 1. The second kappa shape index (κ2) is 6.33. The predicted molar refractivity (Wildman–Crippen MR) is 49.8 cm³/mol. The number of nitrogens with zero attached hydrogens (tertiary/aromatic N) is 1. The SMILES string of the molecule is CN(C)CCC(=O)N[C@@H](CO)C(=O)O. The third-order valence-electron chi connectivity index (χ3n) is 1.60. The van der Waals surface area contributed by atoms with Gasteiger partial charge in [-0.15, -0.1) is 0 Å². The molecule has 0 saturated heterocycles. The van der Waals surface area contributed by atoms with E-state index in [2.05, 4.69) is 5.32 Å². The van der Waals surface area contributed by atoms with Crippen LogP contribution in [0.1, 0.15) is 6.42 Å². The van der Waals surface area contributed by atoms with E-state index in [1.807, 2.05) is 19.0 Å². The van der Waals surface area contributed by atoms with Crippen molar-refractivity contribution in [3.63, 3.8) is 0 Å². The van der Waals surface area contributed by atoms with Crippen LogP contribution in [-0.2, 0) is 9.59 Å². The molecule has 0 heterocycles. The summed E-state index contributed by atoms with van der Waals surface area (Å²) in [6, 6.07) is -1.20. The van der Waals surface area contributed by atoms with Crippen molar-refractivity contribution in [2.24, 2.45) is 0 Å². The molecule has 0 aromatic carbocycles. The van der Waals surface area contributed by atoms with Crippen LogP contribution in [0.3, 0.4) is 0 Å². The van der Waals surface area contributed by atoms with E-state index in [1.54, 1.807) is 0 Å². The molecule has 0 aromatic heterocycles. The standard InChI is InChI=1S/C8H16N2O4/c1-10(2)4-3-7(12)9-6(5-11)8(13)14/h6,11H,3-5H2,1-2H3,(H,9,12)(H,13,14)/t6-/m0/s1. The van der Waals surface area contributed by atoms with Crippen LogP contribution in [0, 0.1) is 0 Å². The highest BCUT2D eigenvalue weighted by molar-refractivity contribution is 5.83. The first-order chi connectivity index (χ1) is 6.47. The monoisotopic (exact) mass is 204 g/mol. The van der Waals surface area contributed by atoms with Gasteiger partial charge in [0.05, 0.1) is 6.61 Å². The molecule has 0 spiro atoms. The predicted octanol–water partition coefficient (Wildman–Crippen LogP) is -1.50. The minimum absolute atomic E-state index is 0.219. The molecule has 0 bridgehead atoms. The molecule has 0 aliphatic carbocycles. The van der Waals surface area contributed by atoms with Crippen LogP contribution in [0.15, 0.2) is 0 Å². The van der Waals surface area contributed by atoms with Gasteiger partial charge in [0.1, 0.15) is 6.04 Å². The Morgan fingerprint density at radius 2 is 2.00 bits per heavy atom. The largest absolute Gasteiger partial charge is 0.480 e. The minimum atomic E-state index is -1.23.